The molecule has 0 radical (unpaired) electrons. The molecule has 1 aromatic carbocycles. The number of carbonyl (C=O) groups is 2. The highest BCUT2D eigenvalue weighted by Crippen LogP contribution is 2.15. The molecule has 1 aliphatic rings. The van der Waals surface area contributed by atoms with Crippen molar-refractivity contribution in [2.75, 3.05) is 32.0 Å². The molecule has 2 atom stereocenters. The van der Waals surface area contributed by atoms with Crippen molar-refractivity contribution in [1.29, 1.82) is 0 Å². The summed E-state index contributed by atoms with van der Waals surface area (Å²) in [5.74, 6) is -2.02. The zero-order chi connectivity index (χ0) is 23.1. The normalized spacial score (nSPS) is 16.9. The molecule has 3 rings (SSSR count). The van der Waals surface area contributed by atoms with E-state index in [0.29, 0.717) is 5.69 Å². The molecule has 11 nitrogen and oxygen atoms in total. The maximum atomic E-state index is 12.8. The van der Waals surface area contributed by atoms with Gasteiger partial charge in [0.1, 0.15) is 12.1 Å². The summed E-state index contributed by atoms with van der Waals surface area (Å²) in [7, 11) is -4.04. The number of hydrogen-bond donors (Lipinski definition) is 3. The Balaban J connectivity index is 1.69. The van der Waals surface area contributed by atoms with Crippen LogP contribution in [0.2, 0.25) is 0 Å². The predicted molar refractivity (Wildman–Crippen MR) is 118 cm³/mol. The molecule has 2 aromatic rings. The molecule has 1 aromatic heterocycles. The summed E-state index contributed by atoms with van der Waals surface area (Å²) in [4.78, 5) is 29.2. The molecule has 0 aliphatic carbocycles. The van der Waals surface area contributed by atoms with E-state index in [0.717, 1.165) is 21.2 Å². The van der Waals surface area contributed by atoms with Gasteiger partial charge in [0, 0.05) is 24.9 Å². The number of rotatable bonds is 9. The Morgan fingerprint density at radius 2 is 1.88 bits per heavy atom. The van der Waals surface area contributed by atoms with Crippen molar-refractivity contribution in [3.05, 3.63) is 47.0 Å². The van der Waals surface area contributed by atoms with Gasteiger partial charge in [-0.3, -0.25) is 0 Å². The molecule has 13 heteroatoms. The van der Waals surface area contributed by atoms with Crippen LogP contribution in [0.5, 0.6) is 0 Å². The average molecular weight is 484 g/mol. The first-order chi connectivity index (χ1) is 15.2. The summed E-state index contributed by atoms with van der Waals surface area (Å²) in [5.41, 5.74) is 12.7. The lowest BCUT2D eigenvalue weighted by Gasteiger charge is -2.28. The van der Waals surface area contributed by atoms with Crippen molar-refractivity contribution < 1.29 is 27.5 Å². The third-order valence-electron chi connectivity index (χ3n) is 4.67. The van der Waals surface area contributed by atoms with Crippen LogP contribution >= 0.6 is 11.3 Å². The van der Waals surface area contributed by atoms with Gasteiger partial charge in [-0.05, 0) is 12.0 Å². The first kappa shape index (κ1) is 24.2. The minimum atomic E-state index is -4.04. The zero-order valence-corrected chi connectivity index (χ0v) is 18.8. The molecule has 0 bridgehead atoms. The van der Waals surface area contributed by atoms with Crippen LogP contribution in [0, 0.1) is 0 Å². The van der Waals surface area contributed by atoms with Gasteiger partial charge in [0.25, 0.3) is 10.2 Å². The molecular formula is C19H25N5O6S2. The number of benzene rings is 1. The Bertz CT molecular complexity index is 1020. The number of morpholine rings is 1. The van der Waals surface area contributed by atoms with E-state index in [-0.39, 0.29) is 44.3 Å². The number of nitrogen functional groups attached to an aromatic ring is 1. The lowest BCUT2D eigenvalue weighted by atomic mass is 10.1. The SMILES string of the molecule is Nc1nc(C[C@H](NS(=O)(=O)N2CCOCC2)C(=O)OC(=O)[C@@H](N)Cc2ccccc2)cs1. The molecule has 0 unspecified atom stereocenters. The number of aromatic nitrogens is 1. The summed E-state index contributed by atoms with van der Waals surface area (Å²) in [6.45, 7) is 0.764. The Hall–Kier alpha value is -2.42. The van der Waals surface area contributed by atoms with Gasteiger partial charge in [-0.25, -0.2) is 14.6 Å². The molecule has 174 valence electrons. The van der Waals surface area contributed by atoms with Crippen LogP contribution in [0.25, 0.3) is 0 Å². The fourth-order valence-corrected chi connectivity index (χ4v) is 4.93. The first-order valence-electron chi connectivity index (χ1n) is 9.84. The third-order valence-corrected chi connectivity index (χ3v) is 7.02. The average Bonchev–Trinajstić information content (AvgIpc) is 3.19. The van der Waals surface area contributed by atoms with Gasteiger partial charge in [0.05, 0.1) is 18.9 Å². The van der Waals surface area contributed by atoms with Crippen LogP contribution in [0.3, 0.4) is 0 Å². The number of thiazole rings is 1. The van der Waals surface area contributed by atoms with Crippen molar-refractivity contribution in [3.63, 3.8) is 0 Å². The number of nitrogens with zero attached hydrogens (tertiary/aromatic N) is 2. The summed E-state index contributed by atoms with van der Waals surface area (Å²) < 4.78 is 39.1. The first-order valence-corrected chi connectivity index (χ1v) is 12.2. The summed E-state index contributed by atoms with van der Waals surface area (Å²) in [6, 6.07) is 6.53. The number of hydrogen-bond acceptors (Lipinski definition) is 10. The molecule has 0 spiro atoms. The Morgan fingerprint density at radius 3 is 2.50 bits per heavy atom. The predicted octanol–water partition coefficient (Wildman–Crippen LogP) is -0.557. The molecule has 1 fully saturated rings. The molecule has 0 amide bonds. The summed E-state index contributed by atoms with van der Waals surface area (Å²) in [5, 5.41) is 1.87. The van der Waals surface area contributed by atoms with E-state index in [9.17, 15) is 18.0 Å². The number of esters is 2. The fraction of sp³-hybridized carbons (Fsp3) is 0.421. The van der Waals surface area contributed by atoms with Gasteiger partial charge >= 0.3 is 11.9 Å². The van der Waals surface area contributed by atoms with E-state index in [1.807, 2.05) is 6.07 Å². The van der Waals surface area contributed by atoms with E-state index in [1.165, 1.54) is 0 Å². The Kier molecular flexibility index (Phi) is 8.28. The van der Waals surface area contributed by atoms with E-state index in [1.54, 1.807) is 29.6 Å². The van der Waals surface area contributed by atoms with Gasteiger partial charge < -0.3 is 20.9 Å². The fourth-order valence-electron chi connectivity index (χ4n) is 3.04. The second kappa shape index (κ2) is 10.9. The third kappa shape index (κ3) is 6.79. The monoisotopic (exact) mass is 483 g/mol. The van der Waals surface area contributed by atoms with Gasteiger partial charge in [-0.15, -0.1) is 11.3 Å². The van der Waals surface area contributed by atoms with E-state index >= 15 is 0 Å². The highest BCUT2D eigenvalue weighted by atomic mass is 32.2. The molecular weight excluding hydrogens is 458 g/mol. The number of nitrogens with two attached hydrogens (primary N) is 2. The number of nitrogens with one attached hydrogen (secondary N) is 1. The topological polar surface area (TPSA) is 167 Å². The van der Waals surface area contributed by atoms with Crippen LogP contribution in [0.4, 0.5) is 5.13 Å². The van der Waals surface area contributed by atoms with Crippen molar-refractivity contribution >= 4 is 38.6 Å². The van der Waals surface area contributed by atoms with Gasteiger partial charge in [-0.2, -0.15) is 17.4 Å². The number of anilines is 1. The maximum Gasteiger partial charge on any atom is 0.332 e. The second-order valence-corrected chi connectivity index (χ2v) is 9.70. The van der Waals surface area contributed by atoms with E-state index in [2.05, 4.69) is 9.71 Å². The number of carbonyl (C=O) groups excluding carboxylic acids is 2. The second-order valence-electron chi connectivity index (χ2n) is 7.10. The molecule has 0 saturated carbocycles. The zero-order valence-electron chi connectivity index (χ0n) is 17.2. The summed E-state index contributed by atoms with van der Waals surface area (Å²) >= 11 is 1.15. The van der Waals surface area contributed by atoms with Crippen LogP contribution in [-0.2, 0) is 42.1 Å². The van der Waals surface area contributed by atoms with Crippen LogP contribution in [0.15, 0.2) is 35.7 Å². The standard InChI is InChI=1S/C19H25N5O6S2/c20-15(10-13-4-2-1-3-5-13)17(25)30-18(26)16(11-14-12-31-19(21)22-14)23-32(27,28)24-6-8-29-9-7-24/h1-5,12,15-16,23H,6-11,20H2,(H2,21,22)/t15-,16-/m0/s1. The largest absolute Gasteiger partial charge is 0.391 e. The van der Waals surface area contributed by atoms with Gasteiger partial charge in [-0.1, -0.05) is 30.3 Å². The highest BCUT2D eigenvalue weighted by Gasteiger charge is 2.33. The lowest BCUT2D eigenvalue weighted by Crippen LogP contribution is -2.53. The lowest BCUT2D eigenvalue weighted by molar-refractivity contribution is -0.161. The van der Waals surface area contributed by atoms with E-state index < -0.39 is 34.2 Å². The highest BCUT2D eigenvalue weighted by molar-refractivity contribution is 7.87. The summed E-state index contributed by atoms with van der Waals surface area (Å²) in [6.07, 6.45) is 0.0249. The van der Waals surface area contributed by atoms with Crippen LogP contribution in [0.1, 0.15) is 11.3 Å². The van der Waals surface area contributed by atoms with Crippen LogP contribution < -0.4 is 16.2 Å². The molecule has 5 N–H and O–H groups in total. The van der Waals surface area contributed by atoms with Crippen molar-refractivity contribution in [1.82, 2.24) is 14.0 Å². The minimum Gasteiger partial charge on any atom is -0.391 e. The van der Waals surface area contributed by atoms with Crippen molar-refractivity contribution in [3.8, 4) is 0 Å². The smallest absolute Gasteiger partial charge is 0.332 e. The van der Waals surface area contributed by atoms with Gasteiger partial charge in [0.2, 0.25) is 0 Å². The van der Waals surface area contributed by atoms with Crippen LogP contribution in [-0.4, -0.2) is 68.0 Å². The quantitative estimate of drug-likeness (QED) is 0.313. The Labute approximate surface area is 189 Å². The molecule has 1 saturated heterocycles. The molecule has 1 aliphatic heterocycles. The molecule has 2 heterocycles. The molecule has 32 heavy (non-hydrogen) atoms. The van der Waals surface area contributed by atoms with Crippen molar-refractivity contribution in [2.24, 2.45) is 5.73 Å². The van der Waals surface area contributed by atoms with Gasteiger partial charge in [0.15, 0.2) is 5.13 Å². The number of ether oxygens (including phenoxy) is 2. The maximum absolute atomic E-state index is 12.8. The Morgan fingerprint density at radius 1 is 1.19 bits per heavy atom. The minimum absolute atomic E-state index is 0.141. The van der Waals surface area contributed by atoms with E-state index in [4.69, 9.17) is 20.9 Å². The van der Waals surface area contributed by atoms with Crippen molar-refractivity contribution in [2.45, 2.75) is 24.9 Å².